The number of hydrogen-bond acceptors (Lipinski definition) is 3. The van der Waals surface area contributed by atoms with Crippen molar-refractivity contribution in [3.05, 3.63) is 27.5 Å². The Morgan fingerprint density at radius 3 is 2.88 bits per heavy atom. The number of hydrogen-bond donors (Lipinski definition) is 1. The number of ether oxygens (including phenoxy) is 1. The van der Waals surface area contributed by atoms with Crippen LogP contribution >= 0.6 is 23.8 Å². The van der Waals surface area contributed by atoms with Gasteiger partial charge in [0, 0.05) is 0 Å². The van der Waals surface area contributed by atoms with Gasteiger partial charge in [-0.15, -0.1) is 0 Å². The van der Waals surface area contributed by atoms with Crippen LogP contribution in [0.1, 0.15) is 25.5 Å². The van der Waals surface area contributed by atoms with Crippen LogP contribution < -0.4 is 0 Å². The van der Waals surface area contributed by atoms with Crippen LogP contribution in [-0.2, 0) is 14.9 Å². The van der Waals surface area contributed by atoms with Gasteiger partial charge in [0.05, 0.1) is 17.3 Å². The summed E-state index contributed by atoms with van der Waals surface area (Å²) < 4.78 is 5.65. The van der Waals surface area contributed by atoms with Crippen molar-refractivity contribution in [1.82, 2.24) is 4.98 Å². The van der Waals surface area contributed by atoms with Gasteiger partial charge in [-0.05, 0) is 31.9 Å². The minimum absolute atomic E-state index is 0.214. The molecular formula is C11H12ClNO2S. The van der Waals surface area contributed by atoms with Gasteiger partial charge in [0.15, 0.2) is 0 Å². The van der Waals surface area contributed by atoms with Crippen LogP contribution in [0.15, 0.2) is 12.1 Å². The first-order valence-corrected chi connectivity index (χ1v) is 5.95. The monoisotopic (exact) mass is 257 g/mol. The Morgan fingerprint density at radius 2 is 2.31 bits per heavy atom. The zero-order valence-corrected chi connectivity index (χ0v) is 10.5. The van der Waals surface area contributed by atoms with Gasteiger partial charge in [0.2, 0.25) is 0 Å². The number of carbonyl (C=O) groups excluding carboxylic acids is 1. The van der Waals surface area contributed by atoms with E-state index < -0.39 is 5.41 Å². The third-order valence-corrected chi connectivity index (χ3v) is 3.32. The molecule has 1 aromatic rings. The Bertz CT molecular complexity index is 479. The number of nitrogens with one attached hydrogen (secondary N) is 1. The SMILES string of the molecule is CCOC(=O)C1(c2[nH]c(=S)ccc2Cl)CC1. The molecule has 2 rings (SSSR count). The molecule has 86 valence electrons. The molecule has 0 spiro atoms. The van der Waals surface area contributed by atoms with Crippen LogP contribution in [0.4, 0.5) is 0 Å². The number of aromatic amines is 1. The second kappa shape index (κ2) is 4.18. The number of H-pyrrole nitrogens is 1. The molecule has 1 N–H and O–H groups in total. The van der Waals surface area contributed by atoms with Crippen LogP contribution in [0.2, 0.25) is 5.02 Å². The van der Waals surface area contributed by atoms with Gasteiger partial charge in [-0.2, -0.15) is 0 Å². The summed E-state index contributed by atoms with van der Waals surface area (Å²) in [6.07, 6.45) is 1.53. The lowest BCUT2D eigenvalue weighted by molar-refractivity contribution is -0.146. The highest BCUT2D eigenvalue weighted by Gasteiger charge is 2.54. The molecule has 3 nitrogen and oxygen atoms in total. The van der Waals surface area contributed by atoms with Gasteiger partial charge in [-0.3, -0.25) is 4.79 Å². The molecule has 0 aromatic carbocycles. The molecule has 1 aliphatic carbocycles. The molecule has 1 fully saturated rings. The minimum Gasteiger partial charge on any atom is -0.465 e. The maximum atomic E-state index is 11.9. The number of rotatable bonds is 3. The lowest BCUT2D eigenvalue weighted by atomic mass is 10.0. The van der Waals surface area contributed by atoms with Crippen LogP contribution in [0, 0.1) is 4.64 Å². The van der Waals surface area contributed by atoms with Gasteiger partial charge >= 0.3 is 5.97 Å². The number of halogens is 1. The average molecular weight is 258 g/mol. The number of aromatic nitrogens is 1. The Labute approximate surface area is 104 Å². The van der Waals surface area contributed by atoms with E-state index in [9.17, 15) is 4.79 Å². The van der Waals surface area contributed by atoms with Crippen molar-refractivity contribution in [1.29, 1.82) is 0 Å². The van der Waals surface area contributed by atoms with E-state index in [0.29, 0.717) is 22.0 Å². The summed E-state index contributed by atoms with van der Waals surface area (Å²) >= 11 is 11.1. The zero-order valence-electron chi connectivity index (χ0n) is 8.88. The van der Waals surface area contributed by atoms with Crippen molar-refractivity contribution in [3.63, 3.8) is 0 Å². The molecule has 1 aromatic heterocycles. The summed E-state index contributed by atoms with van der Waals surface area (Å²) in [7, 11) is 0. The molecule has 1 aliphatic rings. The van der Waals surface area contributed by atoms with E-state index in [1.165, 1.54) is 0 Å². The number of pyridine rings is 1. The first kappa shape index (κ1) is 11.6. The van der Waals surface area contributed by atoms with E-state index in [1.807, 2.05) is 0 Å². The predicted molar refractivity (Wildman–Crippen MR) is 64.2 cm³/mol. The second-order valence-electron chi connectivity index (χ2n) is 3.85. The molecule has 1 heterocycles. The maximum absolute atomic E-state index is 11.9. The number of esters is 1. The summed E-state index contributed by atoms with van der Waals surface area (Å²) in [6.45, 7) is 2.18. The molecule has 0 bridgehead atoms. The second-order valence-corrected chi connectivity index (χ2v) is 4.70. The fourth-order valence-corrected chi connectivity index (χ4v) is 2.22. The first-order chi connectivity index (χ1) is 7.60. The molecule has 1 saturated carbocycles. The Morgan fingerprint density at radius 1 is 1.62 bits per heavy atom. The summed E-state index contributed by atoms with van der Waals surface area (Å²) in [5, 5.41) is 0.541. The highest BCUT2D eigenvalue weighted by molar-refractivity contribution is 7.71. The molecule has 5 heteroatoms. The molecule has 0 radical (unpaired) electrons. The third-order valence-electron chi connectivity index (χ3n) is 2.76. The van der Waals surface area contributed by atoms with Crippen LogP contribution in [0.5, 0.6) is 0 Å². The fourth-order valence-electron chi connectivity index (χ4n) is 1.76. The van der Waals surface area contributed by atoms with Gasteiger partial charge in [0.1, 0.15) is 10.1 Å². The summed E-state index contributed by atoms with van der Waals surface area (Å²) in [6, 6.07) is 3.43. The van der Waals surface area contributed by atoms with E-state index in [1.54, 1.807) is 19.1 Å². The lowest BCUT2D eigenvalue weighted by Crippen LogP contribution is -2.24. The van der Waals surface area contributed by atoms with Crippen molar-refractivity contribution in [2.75, 3.05) is 6.61 Å². The van der Waals surface area contributed by atoms with Crippen LogP contribution in [0.3, 0.4) is 0 Å². The van der Waals surface area contributed by atoms with E-state index in [4.69, 9.17) is 28.6 Å². The van der Waals surface area contributed by atoms with E-state index in [0.717, 1.165) is 12.8 Å². The van der Waals surface area contributed by atoms with Crippen molar-refractivity contribution in [3.8, 4) is 0 Å². The molecule has 0 atom stereocenters. The Kier molecular flexibility index (Phi) is 3.04. The van der Waals surface area contributed by atoms with Crippen LogP contribution in [0.25, 0.3) is 0 Å². The third kappa shape index (κ3) is 1.87. The molecule has 0 unspecified atom stereocenters. The lowest BCUT2D eigenvalue weighted by Gasteiger charge is -2.15. The van der Waals surface area contributed by atoms with Crippen molar-refractivity contribution >= 4 is 29.8 Å². The van der Waals surface area contributed by atoms with E-state index in [-0.39, 0.29) is 5.97 Å². The van der Waals surface area contributed by atoms with E-state index >= 15 is 0 Å². The summed E-state index contributed by atoms with van der Waals surface area (Å²) in [5.74, 6) is -0.214. The standard InChI is InChI=1S/C11H12ClNO2S/c1-2-15-10(14)11(5-6-11)9-7(12)3-4-8(16)13-9/h3-4H,2,5-6H2,1H3,(H,13,16). The summed E-state index contributed by atoms with van der Waals surface area (Å²) in [5.41, 5.74) is 0.113. The van der Waals surface area contributed by atoms with Crippen LogP contribution in [-0.4, -0.2) is 17.6 Å². The molecule has 16 heavy (non-hydrogen) atoms. The number of carbonyl (C=O) groups is 1. The molecule has 0 aliphatic heterocycles. The smallest absolute Gasteiger partial charge is 0.318 e. The zero-order chi connectivity index (χ0) is 11.8. The Balaban J connectivity index is 2.40. The summed E-state index contributed by atoms with van der Waals surface area (Å²) in [4.78, 5) is 14.9. The quantitative estimate of drug-likeness (QED) is 0.669. The highest BCUT2D eigenvalue weighted by Crippen LogP contribution is 2.50. The fraction of sp³-hybridized carbons (Fsp3) is 0.455. The molecular weight excluding hydrogens is 246 g/mol. The topological polar surface area (TPSA) is 42.1 Å². The van der Waals surface area contributed by atoms with Gasteiger partial charge < -0.3 is 9.72 Å². The predicted octanol–water partition coefficient (Wildman–Crippen LogP) is 2.99. The van der Waals surface area contributed by atoms with Gasteiger partial charge in [-0.25, -0.2) is 0 Å². The van der Waals surface area contributed by atoms with Gasteiger partial charge in [0.25, 0.3) is 0 Å². The maximum Gasteiger partial charge on any atom is 0.318 e. The minimum atomic E-state index is -0.581. The van der Waals surface area contributed by atoms with Crippen molar-refractivity contribution in [2.45, 2.75) is 25.2 Å². The molecule has 0 amide bonds. The first-order valence-electron chi connectivity index (χ1n) is 5.16. The van der Waals surface area contributed by atoms with Gasteiger partial charge in [-0.1, -0.05) is 23.8 Å². The highest BCUT2D eigenvalue weighted by atomic mass is 35.5. The normalized spacial score (nSPS) is 16.9. The largest absolute Gasteiger partial charge is 0.465 e. The Hall–Kier alpha value is -0.870. The van der Waals surface area contributed by atoms with E-state index in [2.05, 4.69) is 4.98 Å². The molecule has 0 saturated heterocycles. The van der Waals surface area contributed by atoms with Crippen molar-refractivity contribution in [2.24, 2.45) is 0 Å². The van der Waals surface area contributed by atoms with Crippen molar-refractivity contribution < 1.29 is 9.53 Å². The average Bonchev–Trinajstić information content (AvgIpc) is 3.03.